The third-order valence-corrected chi connectivity index (χ3v) is 4.84. The van der Waals surface area contributed by atoms with Gasteiger partial charge in [0.2, 0.25) is 0 Å². The molecule has 0 spiro atoms. The monoisotopic (exact) mass is 368 g/mol. The van der Waals surface area contributed by atoms with Crippen LogP contribution in [0.4, 0.5) is 0 Å². The van der Waals surface area contributed by atoms with Crippen LogP contribution in [0.25, 0.3) is 0 Å². The summed E-state index contributed by atoms with van der Waals surface area (Å²) < 4.78 is 0.841. The number of piperidine rings is 1. The molecule has 114 valence electrons. The molecular weight excluding hydrogens is 348 g/mol. The summed E-state index contributed by atoms with van der Waals surface area (Å²) in [5.74, 6) is 0.921. The molecule has 0 bridgehead atoms. The fourth-order valence-corrected chi connectivity index (χ4v) is 3.54. The lowest BCUT2D eigenvalue weighted by Gasteiger charge is -2.30. The Hall–Kier alpha value is -0.780. The highest BCUT2D eigenvalue weighted by atomic mass is 79.9. The molecule has 0 aromatic heterocycles. The summed E-state index contributed by atoms with van der Waals surface area (Å²) in [6.07, 6.45) is 10.1. The van der Waals surface area contributed by atoms with Crippen LogP contribution in [-0.4, -0.2) is 42.7 Å². The Morgan fingerprint density at radius 2 is 2.43 bits per heavy atom. The molecule has 5 heteroatoms. The molecule has 2 heterocycles. The lowest BCUT2D eigenvalue weighted by atomic mass is 10.1. The van der Waals surface area contributed by atoms with E-state index < -0.39 is 0 Å². The molecule has 0 aromatic rings. The molecule has 2 aliphatic rings. The van der Waals surface area contributed by atoms with E-state index in [-0.39, 0.29) is 11.9 Å². The molecule has 2 aliphatic heterocycles. The highest BCUT2D eigenvalue weighted by molar-refractivity contribution is 9.11. The molecule has 1 amide bonds. The highest BCUT2D eigenvalue weighted by Gasteiger charge is 2.22. The van der Waals surface area contributed by atoms with Gasteiger partial charge in [0, 0.05) is 22.8 Å². The molecule has 0 aliphatic carbocycles. The first-order chi connectivity index (χ1) is 10.0. The third-order valence-electron chi connectivity index (χ3n) is 3.48. The summed E-state index contributed by atoms with van der Waals surface area (Å²) in [6.45, 7) is 5.82. The van der Waals surface area contributed by atoms with E-state index >= 15 is 0 Å². The summed E-state index contributed by atoms with van der Waals surface area (Å²) >= 11 is 4.89. The van der Waals surface area contributed by atoms with Crippen LogP contribution in [0, 0.1) is 0 Å². The normalized spacial score (nSPS) is 25.3. The van der Waals surface area contributed by atoms with Crippen molar-refractivity contribution in [1.82, 2.24) is 10.2 Å². The second-order valence-electron chi connectivity index (χ2n) is 5.42. The van der Waals surface area contributed by atoms with Gasteiger partial charge in [0.25, 0.3) is 5.91 Å². The number of allylic oxidation sites excluding steroid dienone is 5. The molecule has 1 fully saturated rings. The van der Waals surface area contributed by atoms with Crippen molar-refractivity contribution in [3.63, 3.8) is 0 Å². The van der Waals surface area contributed by atoms with Gasteiger partial charge in [0.05, 0.1) is 4.91 Å². The van der Waals surface area contributed by atoms with Crippen LogP contribution in [0.3, 0.4) is 0 Å². The average Bonchev–Trinajstić information content (AvgIpc) is 2.87. The number of nitrogens with zero attached hydrogens (tertiary/aromatic N) is 1. The second-order valence-corrected chi connectivity index (χ2v) is 7.46. The summed E-state index contributed by atoms with van der Waals surface area (Å²) in [5, 5.41) is 3.15. The number of likely N-dealkylation sites (tertiary alicyclic amines) is 1. The van der Waals surface area contributed by atoms with Crippen LogP contribution in [0.2, 0.25) is 0 Å². The quantitative estimate of drug-likeness (QED) is 0.773. The van der Waals surface area contributed by atoms with Gasteiger partial charge in [-0.2, -0.15) is 0 Å². The Kier molecular flexibility index (Phi) is 6.33. The van der Waals surface area contributed by atoms with Gasteiger partial charge in [0.1, 0.15) is 0 Å². The average molecular weight is 369 g/mol. The molecule has 21 heavy (non-hydrogen) atoms. The number of carbonyl (C=O) groups is 1. The van der Waals surface area contributed by atoms with Gasteiger partial charge in [-0.3, -0.25) is 4.79 Å². The zero-order chi connectivity index (χ0) is 15.2. The number of nitrogens with one attached hydrogen (secondary N) is 1. The van der Waals surface area contributed by atoms with Crippen molar-refractivity contribution in [3.8, 4) is 0 Å². The molecule has 3 nitrogen and oxygen atoms in total. The predicted octanol–water partition coefficient (Wildman–Crippen LogP) is 3.22. The molecule has 1 atom stereocenters. The van der Waals surface area contributed by atoms with E-state index in [9.17, 15) is 4.79 Å². The van der Waals surface area contributed by atoms with Crippen LogP contribution in [-0.2, 0) is 4.79 Å². The van der Waals surface area contributed by atoms with Crippen molar-refractivity contribution in [3.05, 3.63) is 45.8 Å². The number of rotatable bonds is 4. The standard InChI is InChI=1S/C16H21BrN2OS/c1-12(17)5-3-6-13-9-15(21-11-13)16(20)18-14-7-4-8-19(2)10-14/h3,5-6,9,14H,1,4,7-8,10-11H2,2H3,(H,18,20)/b5-3-,13-6-/t14-/m1/s1. The third kappa shape index (κ3) is 5.49. The fourth-order valence-electron chi connectivity index (χ4n) is 2.46. The molecule has 0 aromatic carbocycles. The SMILES string of the molecule is C=C(Br)/C=C\C=C1\C=C(C(=O)N[C@@H]2CCCN(C)C2)SC1. The van der Waals surface area contributed by atoms with Crippen molar-refractivity contribution in [1.29, 1.82) is 0 Å². The van der Waals surface area contributed by atoms with Gasteiger partial charge >= 0.3 is 0 Å². The van der Waals surface area contributed by atoms with E-state index in [1.54, 1.807) is 11.8 Å². The van der Waals surface area contributed by atoms with Gasteiger partial charge in [-0.1, -0.05) is 34.7 Å². The van der Waals surface area contributed by atoms with Crippen molar-refractivity contribution < 1.29 is 4.79 Å². The number of thioether (sulfide) groups is 1. The van der Waals surface area contributed by atoms with Crippen molar-refractivity contribution in [2.24, 2.45) is 0 Å². The summed E-state index contributed by atoms with van der Waals surface area (Å²) in [5.41, 5.74) is 1.16. The predicted molar refractivity (Wildman–Crippen MR) is 94.5 cm³/mol. The van der Waals surface area contributed by atoms with E-state index in [0.29, 0.717) is 0 Å². The first-order valence-corrected chi connectivity index (χ1v) is 8.88. The zero-order valence-electron chi connectivity index (χ0n) is 12.3. The van der Waals surface area contributed by atoms with Crippen LogP contribution >= 0.6 is 27.7 Å². The van der Waals surface area contributed by atoms with E-state index in [1.807, 2.05) is 24.3 Å². The summed E-state index contributed by atoms with van der Waals surface area (Å²) in [4.78, 5) is 15.4. The number of hydrogen-bond donors (Lipinski definition) is 1. The first kappa shape index (κ1) is 16.6. The number of amides is 1. The maximum atomic E-state index is 12.3. The molecule has 1 N–H and O–H groups in total. The molecular formula is C16H21BrN2OS. The van der Waals surface area contributed by atoms with Crippen molar-refractivity contribution in [2.75, 3.05) is 25.9 Å². The van der Waals surface area contributed by atoms with Gasteiger partial charge < -0.3 is 10.2 Å². The van der Waals surface area contributed by atoms with Crippen LogP contribution in [0.1, 0.15) is 12.8 Å². The van der Waals surface area contributed by atoms with Crippen LogP contribution in [0.5, 0.6) is 0 Å². The van der Waals surface area contributed by atoms with E-state index in [0.717, 1.165) is 46.6 Å². The van der Waals surface area contributed by atoms with Crippen LogP contribution in [0.15, 0.2) is 45.8 Å². The number of likely N-dealkylation sites (N-methyl/N-ethyl adjacent to an activating group) is 1. The van der Waals surface area contributed by atoms with E-state index in [1.165, 1.54) is 0 Å². The molecule has 2 rings (SSSR count). The van der Waals surface area contributed by atoms with Gasteiger partial charge in [-0.05, 0) is 44.2 Å². The fraction of sp³-hybridized carbons (Fsp3) is 0.438. The largest absolute Gasteiger partial charge is 0.348 e. The van der Waals surface area contributed by atoms with Crippen LogP contribution < -0.4 is 5.32 Å². The zero-order valence-corrected chi connectivity index (χ0v) is 14.7. The topological polar surface area (TPSA) is 32.3 Å². The maximum Gasteiger partial charge on any atom is 0.257 e. The maximum absolute atomic E-state index is 12.3. The molecule has 0 radical (unpaired) electrons. The number of hydrogen-bond acceptors (Lipinski definition) is 3. The summed E-state index contributed by atoms with van der Waals surface area (Å²) in [6, 6.07) is 0.280. The Morgan fingerprint density at radius 1 is 1.62 bits per heavy atom. The minimum Gasteiger partial charge on any atom is -0.348 e. The first-order valence-electron chi connectivity index (χ1n) is 7.10. The van der Waals surface area contributed by atoms with Crippen molar-refractivity contribution in [2.45, 2.75) is 18.9 Å². The number of carbonyl (C=O) groups excluding carboxylic acids is 1. The Labute approximate surface area is 139 Å². The molecule has 0 unspecified atom stereocenters. The van der Waals surface area contributed by atoms with Gasteiger partial charge in [-0.15, -0.1) is 11.8 Å². The van der Waals surface area contributed by atoms with E-state index in [4.69, 9.17) is 0 Å². The summed E-state index contributed by atoms with van der Waals surface area (Å²) in [7, 11) is 2.10. The highest BCUT2D eigenvalue weighted by Crippen LogP contribution is 2.29. The Morgan fingerprint density at radius 3 is 3.14 bits per heavy atom. The van der Waals surface area contributed by atoms with Gasteiger partial charge in [-0.25, -0.2) is 0 Å². The minimum absolute atomic E-state index is 0.0672. The Balaban J connectivity index is 1.89. The molecule has 0 saturated carbocycles. The number of halogens is 1. The molecule has 1 saturated heterocycles. The van der Waals surface area contributed by atoms with E-state index in [2.05, 4.69) is 39.8 Å². The minimum atomic E-state index is 0.0672. The van der Waals surface area contributed by atoms with Gasteiger partial charge in [0.15, 0.2) is 0 Å². The lowest BCUT2D eigenvalue weighted by molar-refractivity contribution is -0.117. The smallest absolute Gasteiger partial charge is 0.257 e. The second kappa shape index (κ2) is 8.01. The lowest BCUT2D eigenvalue weighted by Crippen LogP contribution is -2.46. The van der Waals surface area contributed by atoms with Crippen molar-refractivity contribution >= 4 is 33.6 Å². The Bertz CT molecular complexity index is 510.